The molecular formula is C15H14FN5O2. The Bertz CT molecular complexity index is 875. The lowest BCUT2D eigenvalue weighted by Gasteiger charge is -2.31. The van der Waals surface area contributed by atoms with Crippen molar-refractivity contribution in [2.75, 3.05) is 5.73 Å². The molecular weight excluding hydrogens is 301 g/mol. The van der Waals surface area contributed by atoms with E-state index in [0.29, 0.717) is 29.6 Å². The Balaban J connectivity index is 1.79. The van der Waals surface area contributed by atoms with Gasteiger partial charge in [0.05, 0.1) is 12.1 Å². The van der Waals surface area contributed by atoms with Gasteiger partial charge in [0.15, 0.2) is 5.65 Å². The fraction of sp³-hybridized carbons (Fsp3) is 0.267. The molecule has 0 bridgehead atoms. The molecule has 0 spiro atoms. The zero-order chi connectivity index (χ0) is 16.0. The van der Waals surface area contributed by atoms with Crippen molar-refractivity contribution in [2.24, 2.45) is 0 Å². The third-order valence-corrected chi connectivity index (χ3v) is 3.93. The lowest BCUT2D eigenvalue weighted by molar-refractivity contribution is 0.0447. The second-order valence-corrected chi connectivity index (χ2v) is 5.55. The van der Waals surface area contributed by atoms with Gasteiger partial charge in [-0.05, 0) is 25.0 Å². The van der Waals surface area contributed by atoms with Gasteiger partial charge in [-0.25, -0.2) is 19.0 Å². The zero-order valence-corrected chi connectivity index (χ0v) is 12.1. The molecule has 8 heteroatoms. The number of aliphatic hydroxyl groups is 1. The SMILES string of the molecule is Nc1ncnc2c1c(Oc1cccc(F)c1)nn2C1CC(O)C1. The van der Waals surface area contributed by atoms with Crippen molar-refractivity contribution in [1.82, 2.24) is 19.7 Å². The van der Waals surface area contributed by atoms with Crippen LogP contribution in [0.25, 0.3) is 11.0 Å². The summed E-state index contributed by atoms with van der Waals surface area (Å²) in [5.41, 5.74) is 6.48. The number of hydrogen-bond donors (Lipinski definition) is 2. The molecule has 2 heterocycles. The molecule has 1 saturated carbocycles. The van der Waals surface area contributed by atoms with Crippen molar-refractivity contribution in [2.45, 2.75) is 25.0 Å². The van der Waals surface area contributed by atoms with Gasteiger partial charge < -0.3 is 15.6 Å². The summed E-state index contributed by atoms with van der Waals surface area (Å²) < 4.78 is 20.7. The molecule has 1 aliphatic carbocycles. The summed E-state index contributed by atoms with van der Waals surface area (Å²) >= 11 is 0. The summed E-state index contributed by atoms with van der Waals surface area (Å²) in [6.45, 7) is 0. The van der Waals surface area contributed by atoms with Gasteiger partial charge in [0.2, 0.25) is 0 Å². The van der Waals surface area contributed by atoms with Crippen molar-refractivity contribution >= 4 is 16.9 Å². The lowest BCUT2D eigenvalue weighted by Crippen LogP contribution is -2.31. The van der Waals surface area contributed by atoms with Crippen LogP contribution in [0.2, 0.25) is 0 Å². The highest BCUT2D eigenvalue weighted by Gasteiger charge is 2.32. The third kappa shape index (κ3) is 2.36. The quantitative estimate of drug-likeness (QED) is 0.767. The number of nitrogens with two attached hydrogens (primary N) is 1. The minimum atomic E-state index is -0.405. The minimum absolute atomic E-state index is 0.0339. The first-order chi connectivity index (χ1) is 11.1. The van der Waals surface area contributed by atoms with Gasteiger partial charge in [0.25, 0.3) is 5.88 Å². The van der Waals surface area contributed by atoms with Crippen molar-refractivity contribution in [3.63, 3.8) is 0 Å². The molecule has 0 radical (unpaired) electrons. The Morgan fingerprint density at radius 3 is 2.87 bits per heavy atom. The number of halogens is 1. The molecule has 0 saturated heterocycles. The Labute approximate surface area is 130 Å². The van der Waals surface area contributed by atoms with E-state index in [1.54, 1.807) is 16.8 Å². The summed E-state index contributed by atoms with van der Waals surface area (Å²) in [5.74, 6) is 0.378. The third-order valence-electron chi connectivity index (χ3n) is 3.93. The molecule has 3 N–H and O–H groups in total. The summed E-state index contributed by atoms with van der Waals surface area (Å²) in [4.78, 5) is 8.19. The van der Waals surface area contributed by atoms with E-state index < -0.39 is 5.82 Å². The van der Waals surface area contributed by atoms with Crippen molar-refractivity contribution < 1.29 is 14.2 Å². The first-order valence-electron chi connectivity index (χ1n) is 7.22. The molecule has 1 aliphatic rings. The van der Waals surface area contributed by atoms with Crippen LogP contribution in [-0.4, -0.2) is 31.0 Å². The number of aliphatic hydroxyl groups excluding tert-OH is 1. The van der Waals surface area contributed by atoms with Crippen molar-refractivity contribution in [3.05, 3.63) is 36.4 Å². The number of fused-ring (bicyclic) bond motifs is 1. The van der Waals surface area contributed by atoms with Crippen LogP contribution in [0.5, 0.6) is 11.6 Å². The molecule has 1 aromatic carbocycles. The van der Waals surface area contributed by atoms with E-state index in [1.807, 2.05) is 0 Å². The van der Waals surface area contributed by atoms with E-state index in [0.717, 1.165) is 0 Å². The van der Waals surface area contributed by atoms with Crippen LogP contribution in [-0.2, 0) is 0 Å². The molecule has 3 aromatic rings. The first-order valence-corrected chi connectivity index (χ1v) is 7.22. The molecule has 7 nitrogen and oxygen atoms in total. The van der Waals surface area contributed by atoms with E-state index in [4.69, 9.17) is 10.5 Å². The number of rotatable bonds is 3. The number of anilines is 1. The summed E-state index contributed by atoms with van der Waals surface area (Å²) in [6.07, 6.45) is 2.22. The molecule has 0 unspecified atom stereocenters. The van der Waals surface area contributed by atoms with Crippen LogP contribution in [0, 0.1) is 5.82 Å². The van der Waals surface area contributed by atoms with Crippen molar-refractivity contribution in [3.8, 4) is 11.6 Å². The molecule has 1 fully saturated rings. The van der Waals surface area contributed by atoms with Gasteiger partial charge in [0.1, 0.15) is 29.1 Å². The Kier molecular flexibility index (Phi) is 3.12. The largest absolute Gasteiger partial charge is 0.437 e. The predicted octanol–water partition coefficient (Wildman–Crippen LogP) is 2.04. The van der Waals surface area contributed by atoms with Crippen LogP contribution in [0.15, 0.2) is 30.6 Å². The van der Waals surface area contributed by atoms with E-state index in [-0.39, 0.29) is 23.8 Å². The second kappa shape index (κ2) is 5.17. The molecule has 0 amide bonds. The highest BCUT2D eigenvalue weighted by molar-refractivity contribution is 5.90. The highest BCUT2D eigenvalue weighted by Crippen LogP contribution is 2.38. The highest BCUT2D eigenvalue weighted by atomic mass is 19.1. The average Bonchev–Trinajstić information content (AvgIpc) is 2.84. The predicted molar refractivity (Wildman–Crippen MR) is 80.5 cm³/mol. The summed E-state index contributed by atoms with van der Waals surface area (Å²) in [7, 11) is 0. The van der Waals surface area contributed by atoms with E-state index in [9.17, 15) is 9.50 Å². The maximum atomic E-state index is 13.3. The fourth-order valence-corrected chi connectivity index (χ4v) is 2.69. The lowest BCUT2D eigenvalue weighted by atomic mass is 9.90. The smallest absolute Gasteiger partial charge is 0.251 e. The van der Waals surface area contributed by atoms with Crippen LogP contribution in [0.3, 0.4) is 0 Å². The molecule has 118 valence electrons. The van der Waals surface area contributed by atoms with Gasteiger partial charge in [0, 0.05) is 6.07 Å². The Morgan fingerprint density at radius 1 is 1.30 bits per heavy atom. The minimum Gasteiger partial charge on any atom is -0.437 e. The Morgan fingerprint density at radius 2 is 2.13 bits per heavy atom. The van der Waals surface area contributed by atoms with Gasteiger partial charge in [-0.1, -0.05) is 6.07 Å². The second-order valence-electron chi connectivity index (χ2n) is 5.55. The van der Waals surface area contributed by atoms with Crippen LogP contribution in [0.1, 0.15) is 18.9 Å². The van der Waals surface area contributed by atoms with Gasteiger partial charge in [-0.3, -0.25) is 0 Å². The molecule has 0 atom stereocenters. The van der Waals surface area contributed by atoms with Gasteiger partial charge in [-0.15, -0.1) is 5.10 Å². The number of nitrogen functional groups attached to an aromatic ring is 1. The number of nitrogens with zero attached hydrogens (tertiary/aromatic N) is 4. The normalized spacial score (nSPS) is 20.4. The molecule has 0 aliphatic heterocycles. The Hall–Kier alpha value is -2.74. The van der Waals surface area contributed by atoms with Crippen molar-refractivity contribution in [1.29, 1.82) is 0 Å². The van der Waals surface area contributed by atoms with Crippen LogP contribution < -0.4 is 10.5 Å². The standard InChI is InChI=1S/C15H14FN5O2/c16-8-2-1-3-11(4-8)23-15-12-13(17)18-7-19-14(12)21(20-15)9-5-10(22)6-9/h1-4,7,9-10,22H,5-6H2,(H2,17,18,19). The van der Waals surface area contributed by atoms with E-state index >= 15 is 0 Å². The number of benzene rings is 1. The summed E-state index contributed by atoms with van der Waals surface area (Å²) in [6, 6.07) is 5.80. The number of aromatic nitrogens is 4. The van der Waals surface area contributed by atoms with Crippen LogP contribution in [0.4, 0.5) is 10.2 Å². The zero-order valence-electron chi connectivity index (χ0n) is 12.1. The first kappa shape index (κ1) is 13.9. The molecule has 23 heavy (non-hydrogen) atoms. The number of hydrogen-bond acceptors (Lipinski definition) is 6. The maximum Gasteiger partial charge on any atom is 0.251 e. The molecule has 4 rings (SSSR count). The number of ether oxygens (including phenoxy) is 1. The van der Waals surface area contributed by atoms with Crippen LogP contribution >= 0.6 is 0 Å². The van der Waals surface area contributed by atoms with Gasteiger partial charge >= 0.3 is 0 Å². The average molecular weight is 315 g/mol. The van der Waals surface area contributed by atoms with E-state index in [1.165, 1.54) is 18.5 Å². The maximum absolute atomic E-state index is 13.3. The van der Waals surface area contributed by atoms with E-state index in [2.05, 4.69) is 15.1 Å². The van der Waals surface area contributed by atoms with Gasteiger partial charge in [-0.2, -0.15) is 0 Å². The monoisotopic (exact) mass is 315 g/mol. The molecule has 2 aromatic heterocycles. The summed E-state index contributed by atoms with van der Waals surface area (Å²) in [5, 5.41) is 14.4. The topological polar surface area (TPSA) is 99.1 Å². The fourth-order valence-electron chi connectivity index (χ4n) is 2.69.